The molecule has 2 aliphatic heterocycles. The monoisotopic (exact) mass is 410 g/mol. The molecule has 0 bridgehead atoms. The second-order valence-electron chi connectivity index (χ2n) is 8.27. The van der Waals surface area contributed by atoms with Gasteiger partial charge in [-0.25, -0.2) is 4.98 Å². The first-order chi connectivity index (χ1) is 14.1. The SMILES string of the molecule is Cc1nc(-c2ccc3c(c2)CCN3C(=O)CN2CCN(C(=O)C3CC3)CC2)cs1. The fourth-order valence-electron chi connectivity index (χ4n) is 4.31. The molecule has 5 rings (SSSR count). The molecule has 2 amide bonds. The highest BCUT2D eigenvalue weighted by Crippen LogP contribution is 2.33. The van der Waals surface area contributed by atoms with Gasteiger partial charge in [-0.1, -0.05) is 6.07 Å². The summed E-state index contributed by atoms with van der Waals surface area (Å²) in [4.78, 5) is 35.8. The Morgan fingerprint density at radius 1 is 1.14 bits per heavy atom. The lowest BCUT2D eigenvalue weighted by molar-refractivity contribution is -0.134. The van der Waals surface area contributed by atoms with Crippen molar-refractivity contribution >= 4 is 28.8 Å². The minimum Gasteiger partial charge on any atom is -0.340 e. The molecule has 0 spiro atoms. The lowest BCUT2D eigenvalue weighted by atomic mass is 10.1. The van der Waals surface area contributed by atoms with Crippen LogP contribution in [0.2, 0.25) is 0 Å². The van der Waals surface area contributed by atoms with Crippen molar-refractivity contribution in [1.82, 2.24) is 14.8 Å². The van der Waals surface area contributed by atoms with E-state index in [-0.39, 0.29) is 11.8 Å². The van der Waals surface area contributed by atoms with Crippen molar-refractivity contribution in [1.29, 1.82) is 0 Å². The first kappa shape index (κ1) is 18.8. The smallest absolute Gasteiger partial charge is 0.241 e. The lowest BCUT2D eigenvalue weighted by Gasteiger charge is -2.35. The number of carbonyl (C=O) groups excluding carboxylic acids is 2. The summed E-state index contributed by atoms with van der Waals surface area (Å²) in [6.45, 7) is 6.25. The summed E-state index contributed by atoms with van der Waals surface area (Å²) in [5, 5.41) is 3.15. The van der Waals surface area contributed by atoms with Crippen LogP contribution in [0.1, 0.15) is 23.4 Å². The summed E-state index contributed by atoms with van der Waals surface area (Å²) in [5.41, 5.74) is 4.40. The van der Waals surface area contributed by atoms with Crippen LogP contribution in [0.3, 0.4) is 0 Å². The molecule has 1 aliphatic carbocycles. The topological polar surface area (TPSA) is 56.8 Å². The number of amides is 2. The van der Waals surface area contributed by atoms with E-state index in [9.17, 15) is 9.59 Å². The number of benzene rings is 1. The van der Waals surface area contributed by atoms with Crippen LogP contribution in [0, 0.1) is 12.8 Å². The maximum atomic E-state index is 13.0. The van der Waals surface area contributed by atoms with Crippen LogP contribution in [0.5, 0.6) is 0 Å². The summed E-state index contributed by atoms with van der Waals surface area (Å²) in [6.07, 6.45) is 2.99. The number of nitrogens with zero attached hydrogens (tertiary/aromatic N) is 4. The molecule has 3 heterocycles. The van der Waals surface area contributed by atoms with Crippen LogP contribution < -0.4 is 4.90 Å². The molecule has 1 saturated carbocycles. The molecule has 1 saturated heterocycles. The summed E-state index contributed by atoms with van der Waals surface area (Å²) in [6, 6.07) is 6.32. The van der Waals surface area contributed by atoms with E-state index in [1.165, 1.54) is 5.56 Å². The third kappa shape index (κ3) is 3.81. The zero-order valence-electron chi connectivity index (χ0n) is 16.8. The predicted molar refractivity (Wildman–Crippen MR) is 114 cm³/mol. The fourth-order valence-corrected chi connectivity index (χ4v) is 4.93. The van der Waals surface area contributed by atoms with Crippen molar-refractivity contribution in [2.75, 3.05) is 44.2 Å². The summed E-state index contributed by atoms with van der Waals surface area (Å²) < 4.78 is 0. The Balaban J connectivity index is 1.20. The molecule has 0 N–H and O–H groups in total. The molecule has 1 aromatic carbocycles. The zero-order valence-corrected chi connectivity index (χ0v) is 17.6. The number of hydrogen-bond donors (Lipinski definition) is 0. The first-order valence-electron chi connectivity index (χ1n) is 10.5. The molecule has 152 valence electrons. The van der Waals surface area contributed by atoms with Crippen LogP contribution in [-0.4, -0.2) is 65.9 Å². The molecule has 0 atom stereocenters. The number of thiazole rings is 1. The lowest BCUT2D eigenvalue weighted by Crippen LogP contribution is -2.51. The average Bonchev–Trinajstić information content (AvgIpc) is 3.35. The van der Waals surface area contributed by atoms with Crippen molar-refractivity contribution in [2.24, 2.45) is 5.92 Å². The fraction of sp³-hybridized carbons (Fsp3) is 0.500. The molecule has 2 aromatic rings. The first-order valence-corrected chi connectivity index (χ1v) is 11.3. The van der Waals surface area contributed by atoms with Gasteiger partial charge in [-0.2, -0.15) is 0 Å². The van der Waals surface area contributed by atoms with E-state index in [2.05, 4.69) is 33.5 Å². The Labute approximate surface area is 175 Å². The Morgan fingerprint density at radius 2 is 1.93 bits per heavy atom. The maximum Gasteiger partial charge on any atom is 0.241 e. The average molecular weight is 411 g/mol. The molecule has 6 nitrogen and oxygen atoms in total. The van der Waals surface area contributed by atoms with E-state index in [1.807, 2.05) is 16.7 Å². The third-order valence-corrected chi connectivity index (χ3v) is 6.93. The Bertz CT molecular complexity index is 944. The molecular formula is C22H26N4O2S. The van der Waals surface area contributed by atoms with E-state index in [0.717, 1.165) is 73.9 Å². The van der Waals surface area contributed by atoms with E-state index < -0.39 is 0 Å². The minimum absolute atomic E-state index is 0.156. The predicted octanol–water partition coefficient (Wildman–Crippen LogP) is 2.56. The second-order valence-corrected chi connectivity index (χ2v) is 9.33. The van der Waals surface area contributed by atoms with Gasteiger partial charge in [-0.05, 0) is 43.9 Å². The highest BCUT2D eigenvalue weighted by molar-refractivity contribution is 7.09. The highest BCUT2D eigenvalue weighted by Gasteiger charge is 2.35. The van der Waals surface area contributed by atoms with Gasteiger partial charge in [-0.15, -0.1) is 11.3 Å². The maximum absolute atomic E-state index is 13.0. The largest absolute Gasteiger partial charge is 0.340 e. The minimum atomic E-state index is 0.156. The zero-order chi connectivity index (χ0) is 20.0. The number of hydrogen-bond acceptors (Lipinski definition) is 5. The molecule has 2 fully saturated rings. The molecular weight excluding hydrogens is 384 g/mol. The van der Waals surface area contributed by atoms with Gasteiger partial charge >= 0.3 is 0 Å². The molecule has 3 aliphatic rings. The van der Waals surface area contributed by atoms with Crippen LogP contribution in [0.4, 0.5) is 5.69 Å². The van der Waals surface area contributed by atoms with Crippen molar-refractivity contribution in [3.63, 3.8) is 0 Å². The number of aromatic nitrogens is 1. The van der Waals surface area contributed by atoms with Crippen LogP contribution in [-0.2, 0) is 16.0 Å². The Morgan fingerprint density at radius 3 is 2.62 bits per heavy atom. The normalized spacial score (nSPS) is 19.5. The number of fused-ring (bicyclic) bond motifs is 1. The Hall–Kier alpha value is -2.25. The van der Waals surface area contributed by atoms with E-state index in [1.54, 1.807) is 11.3 Å². The Kier molecular flexibility index (Phi) is 4.87. The highest BCUT2D eigenvalue weighted by atomic mass is 32.1. The molecule has 1 aromatic heterocycles. The number of carbonyl (C=O) groups is 2. The van der Waals surface area contributed by atoms with Gasteiger partial charge in [0, 0.05) is 55.3 Å². The molecule has 0 radical (unpaired) electrons. The molecule has 29 heavy (non-hydrogen) atoms. The van der Waals surface area contributed by atoms with E-state index >= 15 is 0 Å². The van der Waals surface area contributed by atoms with E-state index in [0.29, 0.717) is 12.5 Å². The third-order valence-electron chi connectivity index (χ3n) is 6.16. The van der Waals surface area contributed by atoms with Crippen molar-refractivity contribution < 1.29 is 9.59 Å². The van der Waals surface area contributed by atoms with Gasteiger partial charge in [0.05, 0.1) is 17.2 Å². The van der Waals surface area contributed by atoms with Crippen LogP contribution >= 0.6 is 11.3 Å². The quantitative estimate of drug-likeness (QED) is 0.777. The van der Waals surface area contributed by atoms with Crippen molar-refractivity contribution in [3.05, 3.63) is 34.2 Å². The van der Waals surface area contributed by atoms with Gasteiger partial charge in [0.25, 0.3) is 0 Å². The van der Waals surface area contributed by atoms with Gasteiger partial charge in [0.2, 0.25) is 11.8 Å². The van der Waals surface area contributed by atoms with E-state index in [4.69, 9.17) is 0 Å². The standard InChI is InChI=1S/C22H26N4O2S/c1-15-23-19(14-29-15)17-4-5-20-18(12-17)6-7-26(20)21(27)13-24-8-10-25(11-9-24)22(28)16-2-3-16/h4-5,12,14,16H,2-3,6-11,13H2,1H3. The van der Waals surface area contributed by atoms with Crippen molar-refractivity contribution in [3.8, 4) is 11.3 Å². The van der Waals surface area contributed by atoms with Gasteiger partial charge in [0.15, 0.2) is 0 Å². The molecule has 7 heteroatoms. The number of piperazine rings is 1. The number of aryl methyl sites for hydroxylation is 1. The van der Waals surface area contributed by atoms with Gasteiger partial charge in [0.1, 0.15) is 0 Å². The molecule has 0 unspecified atom stereocenters. The summed E-state index contributed by atoms with van der Waals surface area (Å²) in [5.74, 6) is 0.751. The number of anilines is 1. The van der Waals surface area contributed by atoms with Crippen LogP contribution in [0.25, 0.3) is 11.3 Å². The second kappa shape index (κ2) is 7.54. The van der Waals surface area contributed by atoms with Crippen LogP contribution in [0.15, 0.2) is 23.6 Å². The van der Waals surface area contributed by atoms with Gasteiger partial charge < -0.3 is 9.80 Å². The summed E-state index contributed by atoms with van der Waals surface area (Å²) in [7, 11) is 0. The number of rotatable bonds is 4. The van der Waals surface area contributed by atoms with Crippen molar-refractivity contribution in [2.45, 2.75) is 26.2 Å². The van der Waals surface area contributed by atoms with Gasteiger partial charge in [-0.3, -0.25) is 14.5 Å². The summed E-state index contributed by atoms with van der Waals surface area (Å²) >= 11 is 1.66.